The third kappa shape index (κ3) is 2.66. The average molecular weight is 283 g/mol. The quantitative estimate of drug-likeness (QED) is 0.849. The highest BCUT2D eigenvalue weighted by Crippen LogP contribution is 2.26. The maximum atomic E-state index is 12.4. The van der Waals surface area contributed by atoms with Crippen molar-refractivity contribution >= 4 is 11.7 Å². The minimum absolute atomic E-state index is 0.0752. The lowest BCUT2D eigenvalue weighted by Crippen LogP contribution is -2.39. The summed E-state index contributed by atoms with van der Waals surface area (Å²) >= 11 is 0. The number of hydrogen-bond acceptors (Lipinski definition) is 2. The number of aryl methyl sites for hydroxylation is 1. The summed E-state index contributed by atoms with van der Waals surface area (Å²) in [6.07, 6.45) is -4.91. The van der Waals surface area contributed by atoms with Gasteiger partial charge in [-0.05, 0) is 0 Å². The molecule has 2 aromatic rings. The molecule has 2 rings (SSSR count). The van der Waals surface area contributed by atoms with E-state index in [-0.39, 0.29) is 5.82 Å². The lowest BCUT2D eigenvalue weighted by molar-refractivity contribution is -0.170. The molecule has 0 bridgehead atoms. The molecule has 0 N–H and O–H groups in total. The molecule has 0 aliphatic heterocycles. The molecule has 20 heavy (non-hydrogen) atoms. The Morgan fingerprint density at radius 1 is 1.25 bits per heavy atom. The predicted molar refractivity (Wildman–Crippen MR) is 68.1 cm³/mol. The number of hydrogen-bond donors (Lipinski definition) is 0. The van der Waals surface area contributed by atoms with E-state index < -0.39 is 12.1 Å². The van der Waals surface area contributed by atoms with Gasteiger partial charge in [-0.15, -0.1) is 0 Å². The zero-order chi connectivity index (χ0) is 14.9. The molecule has 1 aromatic carbocycles. The van der Waals surface area contributed by atoms with Crippen LogP contribution < -0.4 is 4.90 Å². The van der Waals surface area contributed by atoms with Gasteiger partial charge in [-0.25, -0.2) is 0 Å². The summed E-state index contributed by atoms with van der Waals surface area (Å²) in [4.78, 5) is 11.8. The summed E-state index contributed by atoms with van der Waals surface area (Å²) in [5.74, 6) is -1.86. The Bertz CT molecular complexity index is 620. The molecule has 1 amide bonds. The van der Waals surface area contributed by atoms with Crippen LogP contribution in [0.1, 0.15) is 0 Å². The van der Waals surface area contributed by atoms with Crippen LogP contribution in [0.15, 0.2) is 36.4 Å². The molecule has 0 aliphatic carbocycles. The number of halogens is 3. The Balaban J connectivity index is 2.36. The number of rotatable bonds is 2. The molecule has 0 saturated carbocycles. The number of carbonyl (C=O) groups excluding carboxylic acids is 1. The van der Waals surface area contributed by atoms with Crippen LogP contribution in [0.25, 0.3) is 11.3 Å². The first-order chi connectivity index (χ1) is 9.30. The van der Waals surface area contributed by atoms with Crippen molar-refractivity contribution in [3.8, 4) is 11.3 Å². The van der Waals surface area contributed by atoms with Crippen molar-refractivity contribution in [2.75, 3.05) is 11.9 Å². The van der Waals surface area contributed by atoms with E-state index in [1.807, 2.05) is 6.07 Å². The lowest BCUT2D eigenvalue weighted by atomic mass is 10.1. The molecule has 0 unspecified atom stereocenters. The van der Waals surface area contributed by atoms with Crippen LogP contribution >= 0.6 is 0 Å². The Hall–Kier alpha value is -2.31. The fraction of sp³-hybridized carbons (Fsp3) is 0.231. The minimum Gasteiger partial charge on any atom is -0.292 e. The van der Waals surface area contributed by atoms with Crippen LogP contribution in [0, 0.1) is 0 Å². The predicted octanol–water partition coefficient (Wildman–Crippen LogP) is 2.61. The standard InChI is InChI=1S/C13H12F3N3O/c1-18(12(20)13(14,15)16)11-8-10(17-19(11)2)9-6-4-3-5-7-9/h3-8H,1-2H3. The van der Waals surface area contributed by atoms with Crippen molar-refractivity contribution < 1.29 is 18.0 Å². The van der Waals surface area contributed by atoms with Gasteiger partial charge < -0.3 is 0 Å². The van der Waals surface area contributed by atoms with Gasteiger partial charge in [0.15, 0.2) is 0 Å². The Morgan fingerprint density at radius 3 is 2.40 bits per heavy atom. The topological polar surface area (TPSA) is 38.1 Å². The highest BCUT2D eigenvalue weighted by molar-refractivity contribution is 5.96. The van der Waals surface area contributed by atoms with Gasteiger partial charge in [0.1, 0.15) is 5.82 Å². The number of aromatic nitrogens is 2. The normalized spacial score (nSPS) is 11.4. The lowest BCUT2D eigenvalue weighted by Gasteiger charge is -2.18. The van der Waals surface area contributed by atoms with Crippen LogP contribution in [0.2, 0.25) is 0 Å². The van der Waals surface area contributed by atoms with E-state index in [0.717, 1.165) is 12.6 Å². The number of nitrogens with zero attached hydrogens (tertiary/aromatic N) is 3. The first kappa shape index (κ1) is 14.1. The van der Waals surface area contributed by atoms with E-state index in [4.69, 9.17) is 0 Å². The van der Waals surface area contributed by atoms with E-state index in [1.165, 1.54) is 17.8 Å². The van der Waals surface area contributed by atoms with E-state index in [1.54, 1.807) is 24.3 Å². The number of alkyl halides is 3. The Kier molecular flexibility index (Phi) is 3.52. The second-order valence-electron chi connectivity index (χ2n) is 4.24. The van der Waals surface area contributed by atoms with Crippen molar-refractivity contribution in [2.24, 2.45) is 7.05 Å². The zero-order valence-corrected chi connectivity index (χ0v) is 10.8. The van der Waals surface area contributed by atoms with Crippen molar-refractivity contribution in [1.82, 2.24) is 9.78 Å². The smallest absolute Gasteiger partial charge is 0.292 e. The van der Waals surface area contributed by atoms with E-state index >= 15 is 0 Å². The zero-order valence-electron chi connectivity index (χ0n) is 10.8. The Morgan fingerprint density at radius 2 is 1.85 bits per heavy atom. The van der Waals surface area contributed by atoms with Gasteiger partial charge in [-0.2, -0.15) is 18.3 Å². The average Bonchev–Trinajstić information content (AvgIpc) is 2.79. The second kappa shape index (κ2) is 4.99. The minimum atomic E-state index is -4.91. The van der Waals surface area contributed by atoms with Gasteiger partial charge in [0.05, 0.1) is 5.69 Å². The molecule has 0 spiro atoms. The van der Waals surface area contributed by atoms with E-state index in [0.29, 0.717) is 10.6 Å². The van der Waals surface area contributed by atoms with E-state index in [9.17, 15) is 18.0 Å². The molecule has 4 nitrogen and oxygen atoms in total. The summed E-state index contributed by atoms with van der Waals surface area (Å²) in [5, 5.41) is 4.12. The van der Waals surface area contributed by atoms with Crippen LogP contribution in [0.5, 0.6) is 0 Å². The fourth-order valence-corrected chi connectivity index (χ4v) is 1.82. The summed E-state index contributed by atoms with van der Waals surface area (Å²) in [7, 11) is 2.56. The van der Waals surface area contributed by atoms with Crippen molar-refractivity contribution in [1.29, 1.82) is 0 Å². The molecular weight excluding hydrogens is 271 g/mol. The number of anilines is 1. The summed E-state index contributed by atoms with van der Waals surface area (Å²) in [6, 6.07) is 10.4. The first-order valence-electron chi connectivity index (χ1n) is 5.75. The van der Waals surface area contributed by atoms with Gasteiger partial charge in [0, 0.05) is 25.7 Å². The highest BCUT2D eigenvalue weighted by Gasteiger charge is 2.42. The van der Waals surface area contributed by atoms with Gasteiger partial charge in [0.2, 0.25) is 0 Å². The van der Waals surface area contributed by atoms with Crippen LogP contribution in [-0.2, 0) is 11.8 Å². The monoisotopic (exact) mass is 283 g/mol. The maximum Gasteiger partial charge on any atom is 0.471 e. The van der Waals surface area contributed by atoms with Gasteiger partial charge in [-0.3, -0.25) is 14.4 Å². The second-order valence-corrected chi connectivity index (χ2v) is 4.24. The maximum absolute atomic E-state index is 12.4. The number of benzene rings is 1. The largest absolute Gasteiger partial charge is 0.471 e. The van der Waals surface area contributed by atoms with E-state index in [2.05, 4.69) is 5.10 Å². The molecule has 0 saturated heterocycles. The van der Waals surface area contributed by atoms with Gasteiger partial charge in [0.25, 0.3) is 0 Å². The third-order valence-corrected chi connectivity index (χ3v) is 2.82. The molecular formula is C13H12F3N3O. The SMILES string of the molecule is CN(C(=O)C(F)(F)F)c1cc(-c2ccccc2)nn1C. The van der Waals surface area contributed by atoms with Crippen molar-refractivity contribution in [2.45, 2.75) is 6.18 Å². The summed E-state index contributed by atoms with van der Waals surface area (Å²) < 4.78 is 38.5. The molecule has 0 radical (unpaired) electrons. The molecule has 1 heterocycles. The summed E-state index contributed by atoms with van der Waals surface area (Å²) in [5.41, 5.74) is 1.27. The number of carbonyl (C=O) groups is 1. The van der Waals surface area contributed by atoms with Crippen LogP contribution in [0.3, 0.4) is 0 Å². The van der Waals surface area contributed by atoms with Gasteiger partial charge >= 0.3 is 12.1 Å². The van der Waals surface area contributed by atoms with Crippen LogP contribution in [-0.4, -0.2) is 28.9 Å². The number of amides is 1. The molecule has 1 aromatic heterocycles. The molecule has 0 aliphatic rings. The highest BCUT2D eigenvalue weighted by atomic mass is 19.4. The fourth-order valence-electron chi connectivity index (χ4n) is 1.82. The molecule has 0 fully saturated rings. The van der Waals surface area contributed by atoms with Crippen molar-refractivity contribution in [3.63, 3.8) is 0 Å². The molecule has 7 heteroatoms. The van der Waals surface area contributed by atoms with Gasteiger partial charge in [-0.1, -0.05) is 30.3 Å². The first-order valence-corrected chi connectivity index (χ1v) is 5.75. The Labute approximate surface area is 113 Å². The van der Waals surface area contributed by atoms with Crippen molar-refractivity contribution in [3.05, 3.63) is 36.4 Å². The third-order valence-electron chi connectivity index (χ3n) is 2.82. The molecule has 0 atom stereocenters. The summed E-state index contributed by atoms with van der Waals surface area (Å²) in [6.45, 7) is 0. The van der Waals surface area contributed by atoms with Crippen LogP contribution in [0.4, 0.5) is 19.0 Å². The molecule has 106 valence electrons.